The van der Waals surface area contributed by atoms with Crippen LogP contribution in [0.3, 0.4) is 0 Å². The number of para-hydroxylation sites is 1. The van der Waals surface area contributed by atoms with Crippen molar-refractivity contribution >= 4 is 18.1 Å². The molecule has 0 saturated heterocycles. The fourth-order valence-electron chi connectivity index (χ4n) is 1.85. The second-order valence-corrected chi connectivity index (χ2v) is 7.72. The van der Waals surface area contributed by atoms with E-state index in [4.69, 9.17) is 20.5 Å². The van der Waals surface area contributed by atoms with Crippen LogP contribution in [0.2, 0.25) is 0 Å². The fraction of sp³-hybridized carbons (Fsp3) is 0.250. The van der Waals surface area contributed by atoms with E-state index in [9.17, 15) is 9.67 Å². The van der Waals surface area contributed by atoms with E-state index < -0.39 is 19.2 Å². The average molecular weight is 356 g/mol. The standard InChI is InChI=1S/C16H19ClNO4P/c1-13(16(19)21-12-14-8-4-2-5-9-14)18-23(17,20)22-15-10-6-3-7-11-15/h2-11,13,16,19H,12H2,1H3,(H,18,20)/t13-,16?,23?/m0/s1. The molecule has 0 aliphatic rings. The minimum Gasteiger partial charge on any atom is -0.422 e. The summed E-state index contributed by atoms with van der Waals surface area (Å²) in [6.07, 6.45) is -1.18. The number of aliphatic hydroxyl groups excluding tert-OH is 1. The molecule has 0 spiro atoms. The summed E-state index contributed by atoms with van der Waals surface area (Å²) >= 11 is 5.88. The van der Waals surface area contributed by atoms with Crippen molar-refractivity contribution in [2.45, 2.75) is 25.9 Å². The van der Waals surface area contributed by atoms with E-state index in [1.807, 2.05) is 36.4 Å². The van der Waals surface area contributed by atoms with Crippen molar-refractivity contribution in [2.75, 3.05) is 0 Å². The highest BCUT2D eigenvalue weighted by Crippen LogP contribution is 2.48. The summed E-state index contributed by atoms with van der Waals surface area (Å²) in [5.41, 5.74) is 0.924. The molecule has 0 saturated carbocycles. The van der Waals surface area contributed by atoms with Gasteiger partial charge in [-0.15, -0.1) is 0 Å². The van der Waals surface area contributed by atoms with Crippen LogP contribution in [0.1, 0.15) is 12.5 Å². The highest BCUT2D eigenvalue weighted by atomic mass is 35.7. The molecule has 0 aliphatic carbocycles. The molecule has 5 nitrogen and oxygen atoms in total. The van der Waals surface area contributed by atoms with E-state index in [1.54, 1.807) is 31.2 Å². The Morgan fingerprint density at radius 3 is 2.30 bits per heavy atom. The van der Waals surface area contributed by atoms with Gasteiger partial charge in [0.2, 0.25) is 0 Å². The van der Waals surface area contributed by atoms with Crippen LogP contribution in [-0.4, -0.2) is 17.4 Å². The zero-order valence-electron chi connectivity index (χ0n) is 12.6. The second kappa shape index (κ2) is 8.48. The number of benzene rings is 2. The van der Waals surface area contributed by atoms with Gasteiger partial charge < -0.3 is 14.4 Å². The Labute approximate surface area is 140 Å². The van der Waals surface area contributed by atoms with Crippen molar-refractivity contribution in [3.8, 4) is 5.75 Å². The number of rotatable bonds is 8. The summed E-state index contributed by atoms with van der Waals surface area (Å²) in [5.74, 6) is 0.380. The van der Waals surface area contributed by atoms with Gasteiger partial charge in [0, 0.05) is 11.2 Å². The van der Waals surface area contributed by atoms with Crippen LogP contribution in [-0.2, 0) is 15.9 Å². The van der Waals surface area contributed by atoms with Gasteiger partial charge in [0.15, 0.2) is 6.29 Å². The molecular weight excluding hydrogens is 337 g/mol. The topological polar surface area (TPSA) is 67.8 Å². The monoisotopic (exact) mass is 355 g/mol. The molecule has 2 N–H and O–H groups in total. The highest BCUT2D eigenvalue weighted by Gasteiger charge is 2.27. The van der Waals surface area contributed by atoms with Gasteiger partial charge in [-0.3, -0.25) is 0 Å². The number of aliphatic hydroxyl groups is 1. The summed E-state index contributed by atoms with van der Waals surface area (Å²) in [6, 6.07) is 17.3. The van der Waals surface area contributed by atoms with Crippen LogP contribution >= 0.6 is 18.1 Å². The van der Waals surface area contributed by atoms with Crippen LogP contribution < -0.4 is 9.61 Å². The lowest BCUT2D eigenvalue weighted by atomic mass is 10.2. The summed E-state index contributed by atoms with van der Waals surface area (Å²) in [4.78, 5) is 0. The summed E-state index contributed by atoms with van der Waals surface area (Å²) in [5, 5.41) is 12.6. The van der Waals surface area contributed by atoms with Crippen molar-refractivity contribution in [3.63, 3.8) is 0 Å². The van der Waals surface area contributed by atoms with Crippen LogP contribution in [0.4, 0.5) is 0 Å². The van der Waals surface area contributed by atoms with Gasteiger partial charge in [-0.05, 0) is 24.6 Å². The first kappa shape index (κ1) is 18.0. The smallest absolute Gasteiger partial charge is 0.409 e. The molecule has 23 heavy (non-hydrogen) atoms. The molecule has 0 fully saturated rings. The zero-order valence-corrected chi connectivity index (χ0v) is 14.3. The molecule has 124 valence electrons. The summed E-state index contributed by atoms with van der Waals surface area (Å²) < 4.78 is 22.8. The molecular formula is C16H19ClNO4P. The summed E-state index contributed by atoms with van der Waals surface area (Å²) in [7, 11) is 0. The number of ether oxygens (including phenoxy) is 1. The van der Waals surface area contributed by atoms with Gasteiger partial charge in [0.1, 0.15) is 5.75 Å². The van der Waals surface area contributed by atoms with E-state index >= 15 is 0 Å². The van der Waals surface area contributed by atoms with Crippen molar-refractivity contribution in [1.29, 1.82) is 0 Å². The molecule has 2 aromatic rings. The predicted molar refractivity (Wildman–Crippen MR) is 90.4 cm³/mol. The number of hydrogen-bond acceptors (Lipinski definition) is 4. The quantitative estimate of drug-likeness (QED) is 0.555. The largest absolute Gasteiger partial charge is 0.422 e. The van der Waals surface area contributed by atoms with Crippen LogP contribution in [0.5, 0.6) is 5.75 Å². The van der Waals surface area contributed by atoms with Crippen molar-refractivity contribution in [2.24, 2.45) is 0 Å². The van der Waals surface area contributed by atoms with Gasteiger partial charge in [0.05, 0.1) is 12.6 Å². The molecule has 0 bridgehead atoms. The maximum atomic E-state index is 12.2. The van der Waals surface area contributed by atoms with Crippen LogP contribution in [0.15, 0.2) is 60.7 Å². The Morgan fingerprint density at radius 2 is 1.70 bits per heavy atom. The van der Waals surface area contributed by atoms with Gasteiger partial charge >= 0.3 is 6.87 Å². The minimum absolute atomic E-state index is 0.236. The molecule has 2 unspecified atom stereocenters. The Balaban J connectivity index is 1.84. The van der Waals surface area contributed by atoms with Gasteiger partial charge in [-0.2, -0.15) is 0 Å². The minimum atomic E-state index is -3.64. The van der Waals surface area contributed by atoms with Crippen LogP contribution in [0.25, 0.3) is 0 Å². The fourth-order valence-corrected chi connectivity index (χ4v) is 3.61. The van der Waals surface area contributed by atoms with E-state index in [0.29, 0.717) is 5.75 Å². The first-order valence-corrected chi connectivity index (χ1v) is 9.65. The number of nitrogens with one attached hydrogen (secondary N) is 1. The van der Waals surface area contributed by atoms with Gasteiger partial charge in [-0.1, -0.05) is 48.5 Å². The SMILES string of the molecule is C[C@H](NP(=O)(Cl)Oc1ccccc1)C(O)OCc1ccccc1. The predicted octanol–water partition coefficient (Wildman–Crippen LogP) is 3.93. The van der Waals surface area contributed by atoms with Gasteiger partial charge in [-0.25, -0.2) is 9.65 Å². The third kappa shape index (κ3) is 6.34. The van der Waals surface area contributed by atoms with Gasteiger partial charge in [0.25, 0.3) is 0 Å². The number of halogens is 1. The first-order chi connectivity index (χ1) is 11.0. The molecule has 0 amide bonds. The molecule has 0 radical (unpaired) electrons. The zero-order chi connectivity index (χ0) is 16.7. The molecule has 2 rings (SSSR count). The Hall–Kier alpha value is -1.36. The second-order valence-electron chi connectivity index (χ2n) is 4.99. The maximum Gasteiger partial charge on any atom is 0.409 e. The lowest BCUT2D eigenvalue weighted by Gasteiger charge is -2.23. The molecule has 3 atom stereocenters. The molecule has 0 aliphatic heterocycles. The lowest BCUT2D eigenvalue weighted by Crippen LogP contribution is -2.37. The van der Waals surface area contributed by atoms with E-state index in [1.165, 1.54) is 0 Å². The van der Waals surface area contributed by atoms with Crippen molar-refractivity contribution in [1.82, 2.24) is 5.09 Å². The third-order valence-corrected chi connectivity index (χ3v) is 4.68. The lowest BCUT2D eigenvalue weighted by molar-refractivity contribution is -0.121. The Morgan fingerprint density at radius 1 is 1.13 bits per heavy atom. The number of hydrogen-bond donors (Lipinski definition) is 2. The molecule has 0 aromatic heterocycles. The summed E-state index contributed by atoms with van der Waals surface area (Å²) in [6.45, 7) is -1.79. The van der Waals surface area contributed by atoms with Crippen molar-refractivity contribution < 1.29 is 18.9 Å². The van der Waals surface area contributed by atoms with E-state index in [-0.39, 0.29) is 6.61 Å². The normalized spacial score (nSPS) is 16.3. The van der Waals surface area contributed by atoms with E-state index in [0.717, 1.165) is 5.56 Å². The Bertz CT molecular complexity index is 641. The molecule has 0 heterocycles. The average Bonchev–Trinajstić information content (AvgIpc) is 2.53. The Kier molecular flexibility index (Phi) is 6.63. The molecule has 7 heteroatoms. The van der Waals surface area contributed by atoms with Crippen LogP contribution in [0, 0.1) is 0 Å². The maximum absolute atomic E-state index is 12.2. The van der Waals surface area contributed by atoms with Crippen molar-refractivity contribution in [3.05, 3.63) is 66.2 Å². The third-order valence-electron chi connectivity index (χ3n) is 3.02. The molecule has 2 aromatic carbocycles. The first-order valence-electron chi connectivity index (χ1n) is 7.12. The highest BCUT2D eigenvalue weighted by molar-refractivity contribution is 7.84. The van der Waals surface area contributed by atoms with E-state index in [2.05, 4.69) is 5.09 Å².